The van der Waals surface area contributed by atoms with Gasteiger partial charge in [-0.25, -0.2) is 0 Å². The minimum atomic E-state index is -0.528. The maximum atomic E-state index is 10.3. The molecule has 1 atom stereocenters. The van der Waals surface area contributed by atoms with Crippen molar-refractivity contribution in [3.63, 3.8) is 0 Å². The van der Waals surface area contributed by atoms with Gasteiger partial charge < -0.3 is 5.11 Å². The van der Waals surface area contributed by atoms with E-state index in [9.17, 15) is 5.11 Å². The van der Waals surface area contributed by atoms with Crippen LogP contribution in [0.3, 0.4) is 0 Å². The molecule has 0 amide bonds. The van der Waals surface area contributed by atoms with Crippen LogP contribution in [0.15, 0.2) is 45.1 Å². The molecule has 84 valence electrons. The Bertz CT molecular complexity index is 481. The summed E-state index contributed by atoms with van der Waals surface area (Å²) in [4.78, 5) is 2.09. The van der Waals surface area contributed by atoms with Gasteiger partial charge in [0.15, 0.2) is 0 Å². The van der Waals surface area contributed by atoms with Gasteiger partial charge in [-0.1, -0.05) is 18.2 Å². The van der Waals surface area contributed by atoms with Crippen molar-refractivity contribution < 1.29 is 5.11 Å². The molecule has 2 rings (SSSR count). The lowest BCUT2D eigenvalue weighted by Crippen LogP contribution is -1.98. The summed E-state index contributed by atoms with van der Waals surface area (Å²) >= 11 is 6.64. The standard InChI is InChI=1S/C12H11BrOS2/c1-15-9-5-3-2-4-8(9)12(14)10-6-7-11(13)16-10/h2-7,12,14H,1H3. The van der Waals surface area contributed by atoms with Crippen LogP contribution < -0.4 is 0 Å². The average molecular weight is 315 g/mol. The number of aliphatic hydroxyl groups excluding tert-OH is 1. The molecule has 0 spiro atoms. The second kappa shape index (κ2) is 5.36. The van der Waals surface area contributed by atoms with Gasteiger partial charge in [-0.2, -0.15) is 0 Å². The van der Waals surface area contributed by atoms with E-state index in [1.165, 1.54) is 0 Å². The molecule has 1 heterocycles. The first-order chi connectivity index (χ1) is 7.72. The van der Waals surface area contributed by atoms with E-state index < -0.39 is 6.10 Å². The van der Waals surface area contributed by atoms with Gasteiger partial charge in [0.25, 0.3) is 0 Å². The third-order valence-corrected chi connectivity index (χ3v) is 4.78. The van der Waals surface area contributed by atoms with Gasteiger partial charge in [-0.15, -0.1) is 23.1 Å². The number of thioether (sulfide) groups is 1. The molecule has 1 nitrogen and oxygen atoms in total. The van der Waals surface area contributed by atoms with Crippen LogP contribution in [0.1, 0.15) is 16.5 Å². The predicted molar refractivity (Wildman–Crippen MR) is 74.3 cm³/mol. The lowest BCUT2D eigenvalue weighted by Gasteiger charge is -2.12. The normalized spacial score (nSPS) is 12.7. The van der Waals surface area contributed by atoms with Crippen molar-refractivity contribution in [2.75, 3.05) is 6.26 Å². The van der Waals surface area contributed by atoms with Crippen molar-refractivity contribution in [2.24, 2.45) is 0 Å². The lowest BCUT2D eigenvalue weighted by atomic mass is 10.1. The molecule has 0 aliphatic carbocycles. The molecule has 0 saturated carbocycles. The van der Waals surface area contributed by atoms with Gasteiger partial charge in [0.05, 0.1) is 3.79 Å². The molecule has 16 heavy (non-hydrogen) atoms. The van der Waals surface area contributed by atoms with Crippen molar-refractivity contribution >= 4 is 39.0 Å². The molecular weight excluding hydrogens is 304 g/mol. The van der Waals surface area contributed by atoms with Crippen LogP contribution in [0.2, 0.25) is 0 Å². The van der Waals surface area contributed by atoms with Crippen molar-refractivity contribution in [2.45, 2.75) is 11.0 Å². The molecule has 1 unspecified atom stereocenters. The van der Waals surface area contributed by atoms with E-state index in [1.807, 2.05) is 42.7 Å². The van der Waals surface area contributed by atoms with Crippen molar-refractivity contribution in [1.29, 1.82) is 0 Å². The van der Waals surface area contributed by atoms with Gasteiger partial charge in [-0.3, -0.25) is 0 Å². The number of benzene rings is 1. The van der Waals surface area contributed by atoms with E-state index in [2.05, 4.69) is 15.9 Å². The quantitative estimate of drug-likeness (QED) is 0.852. The number of hydrogen-bond donors (Lipinski definition) is 1. The highest BCUT2D eigenvalue weighted by Gasteiger charge is 2.15. The first kappa shape index (κ1) is 12.2. The molecule has 0 aliphatic heterocycles. The topological polar surface area (TPSA) is 20.2 Å². The Labute approximate surface area is 112 Å². The second-order valence-corrected chi connectivity index (χ2v) is 6.63. The average Bonchev–Trinajstić information content (AvgIpc) is 2.75. The highest BCUT2D eigenvalue weighted by atomic mass is 79.9. The Balaban J connectivity index is 2.36. The Hall–Kier alpha value is -0.290. The van der Waals surface area contributed by atoms with Gasteiger partial charge in [0, 0.05) is 9.77 Å². The second-order valence-electron chi connectivity index (χ2n) is 3.29. The Morgan fingerprint density at radius 3 is 2.62 bits per heavy atom. The summed E-state index contributed by atoms with van der Waals surface area (Å²) in [5.41, 5.74) is 0.976. The smallest absolute Gasteiger partial charge is 0.114 e. The summed E-state index contributed by atoms with van der Waals surface area (Å²) in [5, 5.41) is 10.3. The molecule has 0 bridgehead atoms. The molecule has 2 aromatic rings. The van der Waals surface area contributed by atoms with E-state index in [0.29, 0.717) is 0 Å². The number of thiophene rings is 1. The molecule has 0 aliphatic rings. The fraction of sp³-hybridized carbons (Fsp3) is 0.167. The summed E-state index contributed by atoms with van der Waals surface area (Å²) in [6, 6.07) is 11.9. The van der Waals surface area contributed by atoms with Gasteiger partial charge in [-0.05, 0) is 45.9 Å². The molecule has 0 fully saturated rings. The third kappa shape index (κ3) is 2.51. The maximum absolute atomic E-state index is 10.3. The lowest BCUT2D eigenvalue weighted by molar-refractivity contribution is 0.221. The van der Waals surface area contributed by atoms with Gasteiger partial charge >= 0.3 is 0 Å². The maximum Gasteiger partial charge on any atom is 0.114 e. The van der Waals surface area contributed by atoms with Gasteiger partial charge in [0.1, 0.15) is 6.10 Å². The zero-order valence-electron chi connectivity index (χ0n) is 8.68. The first-order valence-corrected chi connectivity index (χ1v) is 7.62. The zero-order chi connectivity index (χ0) is 11.5. The third-order valence-electron chi connectivity index (χ3n) is 2.30. The Kier molecular flexibility index (Phi) is 4.08. The van der Waals surface area contributed by atoms with Crippen molar-refractivity contribution in [3.8, 4) is 0 Å². The van der Waals surface area contributed by atoms with Crippen LogP contribution in [0.5, 0.6) is 0 Å². The molecule has 0 radical (unpaired) electrons. The van der Waals surface area contributed by atoms with Crippen LogP contribution in [-0.2, 0) is 0 Å². The molecule has 1 aromatic carbocycles. The summed E-state index contributed by atoms with van der Waals surface area (Å²) in [7, 11) is 0. The monoisotopic (exact) mass is 314 g/mol. The van der Waals surface area contributed by atoms with Crippen LogP contribution in [-0.4, -0.2) is 11.4 Å². The number of rotatable bonds is 3. The Morgan fingerprint density at radius 2 is 2.00 bits per heavy atom. The minimum Gasteiger partial charge on any atom is -0.383 e. The molecular formula is C12H11BrOS2. The molecule has 0 saturated heterocycles. The molecule has 1 aromatic heterocycles. The summed E-state index contributed by atoms with van der Waals surface area (Å²) in [6.07, 6.45) is 1.50. The fourth-order valence-electron chi connectivity index (χ4n) is 1.52. The van der Waals surface area contributed by atoms with Crippen molar-refractivity contribution in [1.82, 2.24) is 0 Å². The highest BCUT2D eigenvalue weighted by molar-refractivity contribution is 9.11. The predicted octanol–water partition coefficient (Wildman–Crippen LogP) is 4.31. The highest BCUT2D eigenvalue weighted by Crippen LogP contribution is 2.34. The largest absolute Gasteiger partial charge is 0.383 e. The first-order valence-electron chi connectivity index (χ1n) is 4.78. The van der Waals surface area contributed by atoms with E-state index >= 15 is 0 Å². The fourth-order valence-corrected chi connectivity index (χ4v) is 3.58. The van der Waals surface area contributed by atoms with Crippen molar-refractivity contribution in [3.05, 3.63) is 50.6 Å². The summed E-state index contributed by atoms with van der Waals surface area (Å²) in [5.74, 6) is 0. The van der Waals surface area contributed by atoms with Crippen LogP contribution in [0.25, 0.3) is 0 Å². The zero-order valence-corrected chi connectivity index (χ0v) is 11.9. The molecule has 1 N–H and O–H groups in total. The Morgan fingerprint density at radius 1 is 1.25 bits per heavy atom. The van der Waals surface area contributed by atoms with Crippen LogP contribution in [0, 0.1) is 0 Å². The number of aliphatic hydroxyl groups is 1. The van der Waals surface area contributed by atoms with Gasteiger partial charge in [0.2, 0.25) is 0 Å². The number of hydrogen-bond acceptors (Lipinski definition) is 3. The summed E-state index contributed by atoms with van der Waals surface area (Å²) < 4.78 is 1.04. The van der Waals surface area contributed by atoms with E-state index in [4.69, 9.17) is 0 Å². The van der Waals surface area contributed by atoms with E-state index in [1.54, 1.807) is 23.1 Å². The SMILES string of the molecule is CSc1ccccc1C(O)c1ccc(Br)s1. The van der Waals surface area contributed by atoms with E-state index in [-0.39, 0.29) is 0 Å². The van der Waals surface area contributed by atoms with E-state index in [0.717, 1.165) is 19.1 Å². The number of halogens is 1. The van der Waals surface area contributed by atoms with Crippen LogP contribution >= 0.6 is 39.0 Å². The molecule has 4 heteroatoms. The summed E-state index contributed by atoms with van der Waals surface area (Å²) in [6.45, 7) is 0. The van der Waals surface area contributed by atoms with Crippen LogP contribution in [0.4, 0.5) is 0 Å². The minimum absolute atomic E-state index is 0.528.